The molecule has 0 saturated heterocycles. The fourth-order valence-corrected chi connectivity index (χ4v) is 2.03. The molecule has 4 nitrogen and oxygen atoms in total. The molecule has 2 rings (SSSR count). The maximum Gasteiger partial charge on any atom is 0.244 e. The Hall–Kier alpha value is -2.07. The van der Waals surface area contributed by atoms with Crippen LogP contribution in [0.15, 0.2) is 34.8 Å². The summed E-state index contributed by atoms with van der Waals surface area (Å²) in [4.78, 5) is 11.6. The fourth-order valence-electron chi connectivity index (χ4n) is 2.03. The van der Waals surface area contributed by atoms with Gasteiger partial charge < -0.3 is 14.8 Å². The first-order chi connectivity index (χ1) is 9.61. The van der Waals surface area contributed by atoms with Crippen molar-refractivity contribution in [3.63, 3.8) is 0 Å². The predicted molar refractivity (Wildman–Crippen MR) is 79.3 cm³/mol. The minimum Gasteiger partial charge on any atom is -0.460 e. The standard InChI is InChI=1S/C16H19NO3/c1-3-14-13(8-9-16(19)17-10-11(2)18)12-6-4-5-7-15(12)20-14/h4-9,11,18H,3,10H2,1-2H3,(H,17,19)/b9-8+. The number of aliphatic hydroxyl groups is 1. The lowest BCUT2D eigenvalue weighted by atomic mass is 10.1. The maximum atomic E-state index is 11.6. The number of hydrogen-bond acceptors (Lipinski definition) is 3. The van der Waals surface area contributed by atoms with Gasteiger partial charge in [-0.2, -0.15) is 0 Å². The Bertz CT molecular complexity index is 626. The lowest BCUT2D eigenvalue weighted by Crippen LogP contribution is -2.28. The molecule has 106 valence electrons. The summed E-state index contributed by atoms with van der Waals surface area (Å²) in [6, 6.07) is 7.76. The molecule has 1 amide bonds. The smallest absolute Gasteiger partial charge is 0.244 e. The number of amides is 1. The second kappa shape index (κ2) is 6.39. The number of aryl methyl sites for hydroxylation is 1. The van der Waals surface area contributed by atoms with Gasteiger partial charge in [0.15, 0.2) is 0 Å². The summed E-state index contributed by atoms with van der Waals surface area (Å²) in [5, 5.41) is 12.8. The van der Waals surface area contributed by atoms with Gasteiger partial charge in [0.25, 0.3) is 0 Å². The van der Waals surface area contributed by atoms with E-state index in [1.807, 2.05) is 31.2 Å². The molecular formula is C16H19NO3. The first-order valence-corrected chi connectivity index (χ1v) is 6.76. The van der Waals surface area contributed by atoms with Crippen molar-refractivity contribution in [1.29, 1.82) is 0 Å². The van der Waals surface area contributed by atoms with Gasteiger partial charge in [0.1, 0.15) is 11.3 Å². The molecule has 0 spiro atoms. The van der Waals surface area contributed by atoms with Crippen LogP contribution in [0.3, 0.4) is 0 Å². The quantitative estimate of drug-likeness (QED) is 0.823. The highest BCUT2D eigenvalue weighted by atomic mass is 16.3. The molecule has 2 aromatic rings. The Kier molecular flexibility index (Phi) is 4.58. The van der Waals surface area contributed by atoms with Gasteiger partial charge in [-0.25, -0.2) is 0 Å². The molecule has 1 atom stereocenters. The van der Waals surface area contributed by atoms with Crippen LogP contribution in [-0.2, 0) is 11.2 Å². The number of carbonyl (C=O) groups is 1. The van der Waals surface area contributed by atoms with Gasteiger partial charge in [-0.15, -0.1) is 0 Å². The zero-order valence-electron chi connectivity index (χ0n) is 11.7. The van der Waals surface area contributed by atoms with Crippen LogP contribution in [0.4, 0.5) is 0 Å². The van der Waals surface area contributed by atoms with Crippen LogP contribution in [0.1, 0.15) is 25.2 Å². The maximum absolute atomic E-state index is 11.6. The SMILES string of the molecule is CCc1oc2ccccc2c1/C=C/C(=O)NCC(C)O. The molecule has 1 aromatic carbocycles. The van der Waals surface area contributed by atoms with Crippen LogP contribution in [0.25, 0.3) is 17.0 Å². The Balaban J connectivity index is 2.22. The average molecular weight is 273 g/mol. The molecule has 0 aliphatic heterocycles. The highest BCUT2D eigenvalue weighted by molar-refractivity contribution is 5.96. The van der Waals surface area contributed by atoms with Gasteiger partial charge in [-0.05, 0) is 19.1 Å². The third-order valence-electron chi connectivity index (χ3n) is 3.00. The second-order valence-electron chi connectivity index (χ2n) is 4.72. The summed E-state index contributed by atoms with van der Waals surface area (Å²) in [5.74, 6) is 0.643. The molecule has 0 bridgehead atoms. The van der Waals surface area contributed by atoms with E-state index in [0.717, 1.165) is 28.7 Å². The molecule has 0 aliphatic carbocycles. The summed E-state index contributed by atoms with van der Waals surface area (Å²) >= 11 is 0. The topological polar surface area (TPSA) is 62.5 Å². The summed E-state index contributed by atoms with van der Waals surface area (Å²) < 4.78 is 5.76. The monoisotopic (exact) mass is 273 g/mol. The van der Waals surface area contributed by atoms with E-state index in [9.17, 15) is 4.79 Å². The van der Waals surface area contributed by atoms with Gasteiger partial charge >= 0.3 is 0 Å². The molecule has 2 N–H and O–H groups in total. The third-order valence-corrected chi connectivity index (χ3v) is 3.00. The minimum absolute atomic E-state index is 0.224. The first-order valence-electron chi connectivity index (χ1n) is 6.76. The Morgan fingerprint density at radius 1 is 1.45 bits per heavy atom. The second-order valence-corrected chi connectivity index (χ2v) is 4.72. The van der Waals surface area contributed by atoms with Crippen LogP contribution in [-0.4, -0.2) is 23.7 Å². The zero-order valence-corrected chi connectivity index (χ0v) is 11.7. The molecule has 20 heavy (non-hydrogen) atoms. The molecule has 1 aromatic heterocycles. The molecule has 0 aliphatic rings. The molecule has 0 fully saturated rings. The fraction of sp³-hybridized carbons (Fsp3) is 0.312. The van der Waals surface area contributed by atoms with Crippen LogP contribution >= 0.6 is 0 Å². The zero-order chi connectivity index (χ0) is 14.5. The lowest BCUT2D eigenvalue weighted by molar-refractivity contribution is -0.116. The van der Waals surface area contributed by atoms with Gasteiger partial charge in [0.2, 0.25) is 5.91 Å². The van der Waals surface area contributed by atoms with Crippen molar-refractivity contribution in [3.05, 3.63) is 41.7 Å². The summed E-state index contributed by atoms with van der Waals surface area (Å²) in [6.45, 7) is 3.89. The van der Waals surface area contributed by atoms with E-state index in [2.05, 4.69) is 5.32 Å². The van der Waals surface area contributed by atoms with Crippen molar-refractivity contribution in [3.8, 4) is 0 Å². The van der Waals surface area contributed by atoms with E-state index < -0.39 is 6.10 Å². The van der Waals surface area contributed by atoms with Crippen molar-refractivity contribution in [2.75, 3.05) is 6.54 Å². The molecule has 4 heteroatoms. The number of carbonyl (C=O) groups excluding carboxylic acids is 1. The van der Waals surface area contributed by atoms with Gasteiger partial charge in [-0.1, -0.05) is 25.1 Å². The van der Waals surface area contributed by atoms with E-state index in [0.29, 0.717) is 0 Å². The lowest BCUT2D eigenvalue weighted by Gasteiger charge is -2.03. The van der Waals surface area contributed by atoms with Crippen LogP contribution in [0, 0.1) is 0 Å². The summed E-state index contributed by atoms with van der Waals surface area (Å²) in [6.07, 6.45) is 3.46. The number of aliphatic hydroxyl groups excluding tert-OH is 1. The van der Waals surface area contributed by atoms with Crippen LogP contribution < -0.4 is 5.32 Å². The number of benzene rings is 1. The molecule has 1 unspecified atom stereocenters. The number of rotatable bonds is 5. The first kappa shape index (κ1) is 14.3. The van der Waals surface area contributed by atoms with Crippen LogP contribution in [0.5, 0.6) is 0 Å². The highest BCUT2D eigenvalue weighted by Gasteiger charge is 2.10. The average Bonchev–Trinajstić information content (AvgIpc) is 2.80. The number of para-hydroxylation sites is 1. The van der Waals surface area contributed by atoms with Crippen molar-refractivity contribution in [1.82, 2.24) is 5.32 Å². The van der Waals surface area contributed by atoms with E-state index in [1.54, 1.807) is 13.0 Å². The van der Waals surface area contributed by atoms with E-state index in [-0.39, 0.29) is 12.5 Å². The molecule has 0 saturated carbocycles. The minimum atomic E-state index is -0.548. The number of nitrogens with one attached hydrogen (secondary N) is 1. The normalized spacial score (nSPS) is 12.9. The third kappa shape index (κ3) is 3.27. The van der Waals surface area contributed by atoms with Gasteiger partial charge in [-0.3, -0.25) is 4.79 Å². The molecule has 1 heterocycles. The van der Waals surface area contributed by atoms with Crippen molar-refractivity contribution < 1.29 is 14.3 Å². The number of fused-ring (bicyclic) bond motifs is 1. The van der Waals surface area contributed by atoms with Gasteiger partial charge in [0.05, 0.1) is 6.10 Å². The Labute approximate surface area is 118 Å². The van der Waals surface area contributed by atoms with E-state index in [1.165, 1.54) is 6.08 Å². The van der Waals surface area contributed by atoms with Crippen LogP contribution in [0.2, 0.25) is 0 Å². The molecular weight excluding hydrogens is 254 g/mol. The summed E-state index contributed by atoms with van der Waals surface area (Å²) in [5.41, 5.74) is 1.77. The van der Waals surface area contributed by atoms with Crippen molar-refractivity contribution in [2.45, 2.75) is 26.4 Å². The molecule has 0 radical (unpaired) electrons. The largest absolute Gasteiger partial charge is 0.460 e. The Morgan fingerprint density at radius 2 is 2.20 bits per heavy atom. The predicted octanol–water partition coefficient (Wildman–Crippen LogP) is 2.51. The Morgan fingerprint density at radius 3 is 2.90 bits per heavy atom. The number of furan rings is 1. The van der Waals surface area contributed by atoms with Gasteiger partial charge in [0, 0.05) is 30.0 Å². The van der Waals surface area contributed by atoms with Crippen molar-refractivity contribution in [2.24, 2.45) is 0 Å². The van der Waals surface area contributed by atoms with E-state index >= 15 is 0 Å². The van der Waals surface area contributed by atoms with E-state index in [4.69, 9.17) is 9.52 Å². The number of hydrogen-bond donors (Lipinski definition) is 2. The highest BCUT2D eigenvalue weighted by Crippen LogP contribution is 2.27. The van der Waals surface area contributed by atoms with Crippen molar-refractivity contribution >= 4 is 23.0 Å². The summed E-state index contributed by atoms with van der Waals surface area (Å²) in [7, 11) is 0.